The van der Waals surface area contributed by atoms with E-state index in [1.807, 2.05) is 30.3 Å². The fourth-order valence-electron chi connectivity index (χ4n) is 1.58. The Morgan fingerprint density at radius 1 is 1.07 bits per heavy atom. The van der Waals surface area contributed by atoms with E-state index in [1.54, 1.807) is 6.20 Å². The smallest absolute Gasteiger partial charge is 0.264 e. The average molecular weight is 216 g/mol. The lowest BCUT2D eigenvalue weighted by molar-refractivity contribution is 1.13. The molecule has 0 spiro atoms. The molecule has 0 fully saturated rings. The zero-order valence-corrected chi connectivity index (χ0v) is 8.60. The van der Waals surface area contributed by atoms with Crippen LogP contribution in [0.3, 0.4) is 0 Å². The van der Waals surface area contributed by atoms with E-state index < -0.39 is 0 Å². The van der Waals surface area contributed by atoms with E-state index in [9.17, 15) is 4.79 Å². The van der Waals surface area contributed by atoms with Crippen LogP contribution in [-0.2, 0) is 0 Å². The van der Waals surface area contributed by atoms with E-state index in [-0.39, 0.29) is 5.56 Å². The highest BCUT2D eigenvalue weighted by Gasteiger charge is 2.16. The Morgan fingerprint density at radius 3 is 2.87 bits per heavy atom. The van der Waals surface area contributed by atoms with Crippen molar-refractivity contribution in [2.45, 2.75) is 9.79 Å². The Labute approximate surface area is 90.5 Å². The predicted molar refractivity (Wildman–Crippen MR) is 60.9 cm³/mol. The quantitative estimate of drug-likeness (QED) is 0.607. The second-order valence-electron chi connectivity index (χ2n) is 3.27. The van der Waals surface area contributed by atoms with Crippen LogP contribution < -0.4 is 10.9 Å². The molecule has 0 bridgehead atoms. The first-order valence-electron chi connectivity index (χ1n) is 4.60. The maximum absolute atomic E-state index is 11.6. The van der Waals surface area contributed by atoms with Crippen LogP contribution in [0.5, 0.6) is 0 Å². The van der Waals surface area contributed by atoms with E-state index in [0.717, 1.165) is 21.2 Å². The van der Waals surface area contributed by atoms with Crippen LogP contribution in [-0.4, -0.2) is 4.98 Å². The summed E-state index contributed by atoms with van der Waals surface area (Å²) in [6.07, 6.45) is 1.66. The van der Waals surface area contributed by atoms with Gasteiger partial charge in [-0.1, -0.05) is 23.9 Å². The standard InChI is InChI=1S/C11H8N2OS/c14-11-10-8(5-6-12-11)13-7-3-1-2-4-9(7)15-10/h1-6,13H,(H,12,14). The van der Waals surface area contributed by atoms with Gasteiger partial charge in [0.2, 0.25) is 0 Å². The molecule has 0 atom stereocenters. The van der Waals surface area contributed by atoms with Gasteiger partial charge in [0.05, 0.1) is 11.4 Å². The zero-order valence-electron chi connectivity index (χ0n) is 7.78. The van der Waals surface area contributed by atoms with Gasteiger partial charge in [-0.3, -0.25) is 4.79 Å². The Morgan fingerprint density at radius 2 is 1.93 bits per heavy atom. The lowest BCUT2D eigenvalue weighted by Crippen LogP contribution is -2.12. The summed E-state index contributed by atoms with van der Waals surface area (Å²) in [4.78, 5) is 16.0. The topological polar surface area (TPSA) is 44.9 Å². The molecule has 0 saturated heterocycles. The largest absolute Gasteiger partial charge is 0.353 e. The van der Waals surface area contributed by atoms with Gasteiger partial charge in [-0.2, -0.15) is 0 Å². The minimum atomic E-state index is -0.0421. The molecule has 1 aliphatic heterocycles. The molecule has 3 nitrogen and oxygen atoms in total. The molecule has 4 heteroatoms. The van der Waals surface area contributed by atoms with Crippen LogP contribution in [0.4, 0.5) is 11.4 Å². The van der Waals surface area contributed by atoms with Crippen molar-refractivity contribution < 1.29 is 0 Å². The average Bonchev–Trinajstić information content (AvgIpc) is 2.27. The highest BCUT2D eigenvalue weighted by molar-refractivity contribution is 7.99. The predicted octanol–water partition coefficient (Wildman–Crippen LogP) is 2.58. The van der Waals surface area contributed by atoms with Crippen LogP contribution in [0.15, 0.2) is 51.1 Å². The van der Waals surface area contributed by atoms with Gasteiger partial charge in [0.15, 0.2) is 0 Å². The van der Waals surface area contributed by atoms with Crippen LogP contribution in [0.25, 0.3) is 0 Å². The highest BCUT2D eigenvalue weighted by Crippen LogP contribution is 2.41. The molecule has 74 valence electrons. The fraction of sp³-hybridized carbons (Fsp3) is 0. The van der Waals surface area contributed by atoms with E-state index in [1.165, 1.54) is 11.8 Å². The summed E-state index contributed by atoms with van der Waals surface area (Å²) in [6, 6.07) is 9.83. The lowest BCUT2D eigenvalue weighted by atomic mass is 10.3. The number of anilines is 2. The summed E-state index contributed by atoms with van der Waals surface area (Å²) in [5.41, 5.74) is 1.89. The van der Waals surface area contributed by atoms with Crippen LogP contribution in [0.2, 0.25) is 0 Å². The fourth-order valence-corrected chi connectivity index (χ4v) is 2.55. The summed E-state index contributed by atoms with van der Waals surface area (Å²) in [5.74, 6) is 0. The number of aromatic amines is 1. The number of nitrogens with one attached hydrogen (secondary N) is 2. The van der Waals surface area contributed by atoms with E-state index in [2.05, 4.69) is 10.3 Å². The zero-order chi connectivity index (χ0) is 10.3. The third-order valence-corrected chi connectivity index (χ3v) is 3.47. The Kier molecular flexibility index (Phi) is 1.82. The van der Waals surface area contributed by atoms with E-state index >= 15 is 0 Å². The molecule has 2 aromatic rings. The van der Waals surface area contributed by atoms with Crippen LogP contribution in [0.1, 0.15) is 0 Å². The number of rotatable bonds is 0. The Hall–Kier alpha value is -1.68. The first kappa shape index (κ1) is 8.61. The minimum absolute atomic E-state index is 0.0421. The normalized spacial score (nSPS) is 12.5. The minimum Gasteiger partial charge on any atom is -0.353 e. The van der Waals surface area contributed by atoms with Crippen LogP contribution in [0, 0.1) is 0 Å². The molecular weight excluding hydrogens is 208 g/mol. The lowest BCUT2D eigenvalue weighted by Gasteiger charge is -2.19. The molecule has 1 aliphatic rings. The van der Waals surface area contributed by atoms with Gasteiger partial charge < -0.3 is 10.3 Å². The Balaban J connectivity index is 2.19. The third kappa shape index (κ3) is 1.34. The van der Waals surface area contributed by atoms with Gasteiger partial charge in [-0.25, -0.2) is 0 Å². The molecule has 1 aromatic heterocycles. The highest BCUT2D eigenvalue weighted by atomic mass is 32.2. The molecule has 0 unspecified atom stereocenters. The van der Waals surface area contributed by atoms with Gasteiger partial charge in [0.25, 0.3) is 5.56 Å². The van der Waals surface area contributed by atoms with Crippen molar-refractivity contribution >= 4 is 23.1 Å². The molecule has 0 saturated carbocycles. The number of para-hydroxylation sites is 1. The Bertz CT molecular complexity index is 577. The van der Waals surface area contributed by atoms with E-state index in [4.69, 9.17) is 0 Å². The van der Waals surface area contributed by atoms with Gasteiger partial charge in [0, 0.05) is 11.1 Å². The second-order valence-corrected chi connectivity index (χ2v) is 4.33. The number of aromatic nitrogens is 1. The van der Waals surface area contributed by atoms with E-state index in [0.29, 0.717) is 0 Å². The number of benzene rings is 1. The molecule has 15 heavy (non-hydrogen) atoms. The molecule has 2 N–H and O–H groups in total. The molecule has 2 heterocycles. The first-order valence-corrected chi connectivity index (χ1v) is 5.42. The van der Waals surface area contributed by atoms with Gasteiger partial charge in [-0.05, 0) is 18.2 Å². The maximum atomic E-state index is 11.6. The summed E-state index contributed by atoms with van der Waals surface area (Å²) < 4.78 is 0. The molecular formula is C11H8N2OS. The van der Waals surface area contributed by atoms with Crippen molar-refractivity contribution in [1.82, 2.24) is 4.98 Å². The van der Waals surface area contributed by atoms with Crippen molar-refractivity contribution in [2.75, 3.05) is 5.32 Å². The second kappa shape index (κ2) is 3.17. The molecule has 0 amide bonds. The van der Waals surface area contributed by atoms with Crippen molar-refractivity contribution in [3.05, 3.63) is 46.9 Å². The van der Waals surface area contributed by atoms with Crippen molar-refractivity contribution in [3.63, 3.8) is 0 Å². The summed E-state index contributed by atoms with van der Waals surface area (Å²) in [5, 5.41) is 3.24. The molecule has 3 rings (SSSR count). The third-order valence-electron chi connectivity index (χ3n) is 2.28. The van der Waals surface area contributed by atoms with Gasteiger partial charge in [-0.15, -0.1) is 0 Å². The van der Waals surface area contributed by atoms with Gasteiger partial charge in [0.1, 0.15) is 4.90 Å². The first-order chi connectivity index (χ1) is 7.34. The van der Waals surface area contributed by atoms with Crippen molar-refractivity contribution in [3.8, 4) is 0 Å². The molecule has 0 aliphatic carbocycles. The molecule has 1 aromatic carbocycles. The summed E-state index contributed by atoms with van der Waals surface area (Å²) >= 11 is 1.50. The number of H-pyrrole nitrogens is 1. The number of hydrogen-bond acceptors (Lipinski definition) is 3. The van der Waals surface area contributed by atoms with Crippen molar-refractivity contribution in [2.24, 2.45) is 0 Å². The molecule has 0 radical (unpaired) electrons. The number of hydrogen-bond donors (Lipinski definition) is 2. The maximum Gasteiger partial charge on any atom is 0.264 e. The van der Waals surface area contributed by atoms with Crippen molar-refractivity contribution in [1.29, 1.82) is 0 Å². The monoisotopic (exact) mass is 216 g/mol. The van der Waals surface area contributed by atoms with Gasteiger partial charge >= 0.3 is 0 Å². The summed E-state index contributed by atoms with van der Waals surface area (Å²) in [6.45, 7) is 0. The number of fused-ring (bicyclic) bond motifs is 2. The van der Waals surface area contributed by atoms with Crippen LogP contribution >= 0.6 is 11.8 Å². The summed E-state index contributed by atoms with van der Waals surface area (Å²) in [7, 11) is 0. The number of pyridine rings is 1. The SMILES string of the molecule is O=c1[nH]ccc2c1Sc1ccccc1N2.